The van der Waals surface area contributed by atoms with Crippen molar-refractivity contribution in [3.05, 3.63) is 35.7 Å². The third kappa shape index (κ3) is 2.81. The number of hydrogen-bond donors (Lipinski definition) is 1. The van der Waals surface area contributed by atoms with Gasteiger partial charge in [-0.2, -0.15) is 4.98 Å². The molecule has 1 saturated carbocycles. The summed E-state index contributed by atoms with van der Waals surface area (Å²) in [5, 5.41) is 6.72. The fourth-order valence-electron chi connectivity index (χ4n) is 1.80. The Morgan fingerprint density at radius 1 is 1.37 bits per heavy atom. The van der Waals surface area contributed by atoms with Gasteiger partial charge in [0.05, 0.1) is 6.54 Å². The molecule has 5 nitrogen and oxygen atoms in total. The second kappa shape index (κ2) is 4.84. The molecule has 0 saturated heterocycles. The minimum Gasteiger partial charge on any atom is -0.347 e. The van der Waals surface area contributed by atoms with E-state index in [0.29, 0.717) is 18.3 Å². The van der Waals surface area contributed by atoms with Crippen LogP contribution in [0.2, 0.25) is 0 Å². The van der Waals surface area contributed by atoms with Crippen LogP contribution in [0.3, 0.4) is 0 Å². The Morgan fingerprint density at radius 3 is 2.79 bits per heavy atom. The lowest BCUT2D eigenvalue weighted by atomic mass is 10.1. The topological polar surface area (TPSA) is 68.0 Å². The maximum absolute atomic E-state index is 11.5. The number of aryl methyl sites for hydroxylation is 1. The molecule has 0 radical (unpaired) electrons. The summed E-state index contributed by atoms with van der Waals surface area (Å²) in [5.41, 5.74) is 2.10. The highest BCUT2D eigenvalue weighted by molar-refractivity contribution is 5.80. The average molecular weight is 257 g/mol. The SMILES string of the molecule is Cc1ccc(-c2noc(CNC(=O)C3CC3)n2)cc1. The van der Waals surface area contributed by atoms with Crippen LogP contribution in [0.4, 0.5) is 0 Å². The maximum Gasteiger partial charge on any atom is 0.246 e. The molecule has 1 fully saturated rings. The molecular formula is C14H15N3O2. The van der Waals surface area contributed by atoms with E-state index >= 15 is 0 Å². The number of nitrogens with zero attached hydrogens (tertiary/aromatic N) is 2. The molecule has 1 aliphatic rings. The largest absolute Gasteiger partial charge is 0.347 e. The van der Waals surface area contributed by atoms with E-state index in [4.69, 9.17) is 4.52 Å². The van der Waals surface area contributed by atoms with Gasteiger partial charge >= 0.3 is 0 Å². The summed E-state index contributed by atoms with van der Waals surface area (Å²) >= 11 is 0. The first kappa shape index (κ1) is 11.9. The van der Waals surface area contributed by atoms with Crippen molar-refractivity contribution in [3.8, 4) is 11.4 Å². The second-order valence-corrected chi connectivity index (χ2v) is 4.87. The van der Waals surface area contributed by atoms with E-state index in [1.54, 1.807) is 0 Å². The number of benzene rings is 1. The Labute approximate surface area is 111 Å². The van der Waals surface area contributed by atoms with Crippen molar-refractivity contribution in [2.24, 2.45) is 5.92 Å². The number of nitrogens with one attached hydrogen (secondary N) is 1. The third-order valence-electron chi connectivity index (χ3n) is 3.14. The normalized spacial score (nSPS) is 14.4. The predicted octanol–water partition coefficient (Wildman–Crippen LogP) is 2.07. The lowest BCUT2D eigenvalue weighted by molar-refractivity contribution is -0.122. The Balaban J connectivity index is 1.65. The Kier molecular flexibility index (Phi) is 3.03. The van der Waals surface area contributed by atoms with Crippen LogP contribution in [0.15, 0.2) is 28.8 Å². The summed E-state index contributed by atoms with van der Waals surface area (Å²) in [6.07, 6.45) is 1.98. The Bertz CT molecular complexity index is 585. The van der Waals surface area contributed by atoms with Crippen molar-refractivity contribution in [3.63, 3.8) is 0 Å². The number of rotatable bonds is 4. The van der Waals surface area contributed by atoms with Gasteiger partial charge < -0.3 is 9.84 Å². The predicted molar refractivity (Wildman–Crippen MR) is 69.0 cm³/mol. The third-order valence-corrected chi connectivity index (χ3v) is 3.14. The summed E-state index contributed by atoms with van der Waals surface area (Å²) in [4.78, 5) is 15.8. The quantitative estimate of drug-likeness (QED) is 0.910. The number of amides is 1. The van der Waals surface area contributed by atoms with Crippen LogP contribution in [0, 0.1) is 12.8 Å². The van der Waals surface area contributed by atoms with E-state index < -0.39 is 0 Å². The van der Waals surface area contributed by atoms with Gasteiger partial charge in [-0.25, -0.2) is 0 Å². The smallest absolute Gasteiger partial charge is 0.246 e. The van der Waals surface area contributed by atoms with Gasteiger partial charge in [-0.3, -0.25) is 4.79 Å². The molecule has 1 heterocycles. The van der Waals surface area contributed by atoms with Crippen LogP contribution in [0.5, 0.6) is 0 Å². The molecule has 1 amide bonds. The van der Waals surface area contributed by atoms with Crippen molar-refractivity contribution >= 4 is 5.91 Å². The van der Waals surface area contributed by atoms with E-state index in [9.17, 15) is 4.79 Å². The van der Waals surface area contributed by atoms with Crippen molar-refractivity contribution in [1.29, 1.82) is 0 Å². The van der Waals surface area contributed by atoms with Gasteiger partial charge in [0.25, 0.3) is 0 Å². The van der Waals surface area contributed by atoms with Crippen molar-refractivity contribution in [2.45, 2.75) is 26.3 Å². The van der Waals surface area contributed by atoms with E-state index in [1.807, 2.05) is 31.2 Å². The highest BCUT2D eigenvalue weighted by Gasteiger charge is 2.29. The average Bonchev–Trinajstić information content (AvgIpc) is 3.16. The van der Waals surface area contributed by atoms with Crippen LogP contribution in [-0.4, -0.2) is 16.0 Å². The molecule has 0 unspecified atom stereocenters. The van der Waals surface area contributed by atoms with Crippen LogP contribution in [0.1, 0.15) is 24.3 Å². The van der Waals surface area contributed by atoms with E-state index in [0.717, 1.165) is 18.4 Å². The van der Waals surface area contributed by atoms with Crippen molar-refractivity contribution in [1.82, 2.24) is 15.5 Å². The van der Waals surface area contributed by atoms with Crippen molar-refractivity contribution < 1.29 is 9.32 Å². The summed E-state index contributed by atoms with van der Waals surface area (Å²) in [6, 6.07) is 7.90. The number of carbonyl (C=O) groups excluding carboxylic acids is 1. The minimum atomic E-state index is 0.0788. The van der Waals surface area contributed by atoms with Crippen LogP contribution in [-0.2, 0) is 11.3 Å². The van der Waals surface area contributed by atoms with Crippen LogP contribution >= 0.6 is 0 Å². The zero-order valence-corrected chi connectivity index (χ0v) is 10.7. The highest BCUT2D eigenvalue weighted by atomic mass is 16.5. The van der Waals surface area contributed by atoms with E-state index in [2.05, 4.69) is 15.5 Å². The van der Waals surface area contributed by atoms with E-state index in [-0.39, 0.29) is 11.8 Å². The van der Waals surface area contributed by atoms with Gasteiger partial charge in [0.15, 0.2) is 0 Å². The van der Waals surface area contributed by atoms with Gasteiger partial charge in [0, 0.05) is 11.5 Å². The first-order valence-electron chi connectivity index (χ1n) is 6.40. The highest BCUT2D eigenvalue weighted by Crippen LogP contribution is 2.28. The molecule has 1 N–H and O–H groups in total. The summed E-state index contributed by atoms with van der Waals surface area (Å²) in [7, 11) is 0. The molecule has 3 rings (SSSR count). The molecule has 0 atom stereocenters. The van der Waals surface area contributed by atoms with Crippen molar-refractivity contribution in [2.75, 3.05) is 0 Å². The van der Waals surface area contributed by atoms with Crippen LogP contribution in [0.25, 0.3) is 11.4 Å². The van der Waals surface area contributed by atoms with Gasteiger partial charge in [0.1, 0.15) is 0 Å². The maximum atomic E-state index is 11.5. The van der Waals surface area contributed by atoms with Gasteiger partial charge in [0.2, 0.25) is 17.6 Å². The Morgan fingerprint density at radius 2 is 2.11 bits per heavy atom. The lowest BCUT2D eigenvalue weighted by Gasteiger charge is -1.98. The van der Waals surface area contributed by atoms with Gasteiger partial charge in [-0.05, 0) is 19.8 Å². The second-order valence-electron chi connectivity index (χ2n) is 4.87. The zero-order valence-electron chi connectivity index (χ0n) is 10.7. The fourth-order valence-corrected chi connectivity index (χ4v) is 1.80. The number of carbonyl (C=O) groups is 1. The monoisotopic (exact) mass is 257 g/mol. The lowest BCUT2D eigenvalue weighted by Crippen LogP contribution is -2.24. The molecule has 2 aromatic rings. The number of hydrogen-bond acceptors (Lipinski definition) is 4. The molecule has 0 spiro atoms. The summed E-state index contributed by atoms with van der Waals surface area (Å²) in [6.45, 7) is 2.33. The molecule has 98 valence electrons. The van der Waals surface area contributed by atoms with Gasteiger partial charge in [-0.1, -0.05) is 35.0 Å². The fraction of sp³-hybridized carbons (Fsp3) is 0.357. The number of aromatic nitrogens is 2. The summed E-state index contributed by atoms with van der Waals surface area (Å²) in [5.74, 6) is 1.26. The molecule has 0 aliphatic heterocycles. The Hall–Kier alpha value is -2.17. The summed E-state index contributed by atoms with van der Waals surface area (Å²) < 4.78 is 5.12. The molecule has 5 heteroatoms. The first-order chi connectivity index (χ1) is 9.22. The van der Waals surface area contributed by atoms with E-state index in [1.165, 1.54) is 5.56 Å². The standard InChI is InChI=1S/C14H15N3O2/c1-9-2-4-10(5-3-9)13-16-12(19-17-13)8-15-14(18)11-6-7-11/h2-5,11H,6-8H2,1H3,(H,15,18). The molecule has 1 aromatic carbocycles. The zero-order chi connectivity index (χ0) is 13.2. The van der Waals surface area contributed by atoms with Crippen LogP contribution < -0.4 is 5.32 Å². The molecule has 1 aliphatic carbocycles. The van der Waals surface area contributed by atoms with Gasteiger partial charge in [-0.15, -0.1) is 0 Å². The minimum absolute atomic E-state index is 0.0788. The first-order valence-corrected chi connectivity index (χ1v) is 6.40. The molecule has 19 heavy (non-hydrogen) atoms. The molecule has 1 aromatic heterocycles. The molecular weight excluding hydrogens is 242 g/mol. The molecule has 0 bridgehead atoms.